The number of likely N-dealkylation sites (N-methyl/N-ethyl adjacent to an activating group) is 1. The van der Waals surface area contributed by atoms with Gasteiger partial charge in [0.25, 0.3) is 5.91 Å². The smallest absolute Gasteiger partial charge is 0.289 e. The number of rotatable bonds is 6. The Bertz CT molecular complexity index is 889. The quantitative estimate of drug-likeness (QED) is 0.496. The number of morpholine rings is 1. The Morgan fingerprint density at radius 1 is 1.10 bits per heavy atom. The van der Waals surface area contributed by atoms with Crippen molar-refractivity contribution in [2.24, 2.45) is 0 Å². The van der Waals surface area contributed by atoms with E-state index >= 15 is 0 Å². The molecule has 2 aromatic rings. The zero-order valence-electron chi connectivity index (χ0n) is 18.5. The van der Waals surface area contributed by atoms with E-state index in [1.807, 2.05) is 6.07 Å². The molecule has 2 fully saturated rings. The van der Waals surface area contributed by atoms with Crippen LogP contribution in [0.2, 0.25) is 0 Å². The van der Waals surface area contributed by atoms with Crippen LogP contribution in [0.1, 0.15) is 41.8 Å². The SMILES string of the molecule is CC(C)c1cc(N2CCN(C)CC2)nc(SCc2ccc(C(=O)N3CCOCC3)o2)n1. The summed E-state index contributed by atoms with van der Waals surface area (Å²) in [5.74, 6) is 2.97. The predicted octanol–water partition coefficient (Wildman–Crippen LogP) is 2.71. The summed E-state index contributed by atoms with van der Waals surface area (Å²) in [4.78, 5) is 28.6. The lowest BCUT2D eigenvalue weighted by atomic mass is 10.1. The van der Waals surface area contributed by atoms with E-state index in [0.29, 0.717) is 43.7 Å². The van der Waals surface area contributed by atoms with Crippen molar-refractivity contribution in [1.29, 1.82) is 0 Å². The maximum atomic E-state index is 12.6. The molecule has 0 bridgehead atoms. The Hall–Kier alpha value is -2.10. The van der Waals surface area contributed by atoms with E-state index in [1.165, 1.54) is 0 Å². The van der Waals surface area contributed by atoms with Gasteiger partial charge >= 0.3 is 0 Å². The zero-order chi connectivity index (χ0) is 21.8. The van der Waals surface area contributed by atoms with Crippen LogP contribution in [0, 0.1) is 0 Å². The van der Waals surface area contributed by atoms with Gasteiger partial charge in [-0.1, -0.05) is 25.6 Å². The molecule has 0 radical (unpaired) electrons. The Labute approximate surface area is 187 Å². The predicted molar refractivity (Wildman–Crippen MR) is 121 cm³/mol. The summed E-state index contributed by atoms with van der Waals surface area (Å²) in [6, 6.07) is 5.75. The lowest BCUT2D eigenvalue weighted by Gasteiger charge is -2.33. The van der Waals surface area contributed by atoms with Crippen molar-refractivity contribution >= 4 is 23.5 Å². The summed E-state index contributed by atoms with van der Waals surface area (Å²) in [5, 5.41) is 0.748. The second kappa shape index (κ2) is 10.0. The first-order chi connectivity index (χ1) is 15.0. The molecule has 168 valence electrons. The average molecular weight is 446 g/mol. The van der Waals surface area contributed by atoms with Gasteiger partial charge in [-0.3, -0.25) is 4.79 Å². The van der Waals surface area contributed by atoms with Gasteiger partial charge in [0.05, 0.1) is 19.0 Å². The molecule has 2 aliphatic heterocycles. The molecule has 9 heteroatoms. The van der Waals surface area contributed by atoms with Gasteiger partial charge in [0.2, 0.25) is 0 Å². The van der Waals surface area contributed by atoms with Crippen LogP contribution in [0.4, 0.5) is 5.82 Å². The summed E-state index contributed by atoms with van der Waals surface area (Å²) < 4.78 is 11.1. The van der Waals surface area contributed by atoms with E-state index in [2.05, 4.69) is 36.8 Å². The van der Waals surface area contributed by atoms with Crippen molar-refractivity contribution in [1.82, 2.24) is 19.8 Å². The van der Waals surface area contributed by atoms with Gasteiger partial charge in [0.15, 0.2) is 10.9 Å². The van der Waals surface area contributed by atoms with Gasteiger partial charge < -0.3 is 23.9 Å². The molecule has 0 atom stereocenters. The third-order valence-electron chi connectivity index (χ3n) is 5.64. The van der Waals surface area contributed by atoms with Crippen molar-refractivity contribution in [3.05, 3.63) is 35.4 Å². The van der Waals surface area contributed by atoms with Crippen LogP contribution in [-0.2, 0) is 10.5 Å². The lowest BCUT2D eigenvalue weighted by Crippen LogP contribution is -2.44. The fourth-order valence-electron chi connectivity index (χ4n) is 3.62. The molecule has 4 rings (SSSR count). The zero-order valence-corrected chi connectivity index (χ0v) is 19.4. The van der Waals surface area contributed by atoms with Gasteiger partial charge in [-0.05, 0) is 25.1 Å². The highest BCUT2D eigenvalue weighted by Gasteiger charge is 2.22. The molecule has 0 unspecified atom stereocenters. The molecule has 2 aromatic heterocycles. The van der Waals surface area contributed by atoms with Crippen molar-refractivity contribution in [3.63, 3.8) is 0 Å². The molecule has 0 saturated carbocycles. The van der Waals surface area contributed by atoms with Gasteiger partial charge in [-0.15, -0.1) is 0 Å². The summed E-state index contributed by atoms with van der Waals surface area (Å²) in [5.41, 5.74) is 1.05. The standard InChI is InChI=1S/C22H31N5O3S/c1-16(2)18-14-20(26-8-6-25(3)7-9-26)24-22(23-18)31-15-17-4-5-19(30-17)21(28)27-10-12-29-13-11-27/h4-5,14,16H,6-13,15H2,1-3H3. The average Bonchev–Trinajstić information content (AvgIpc) is 3.27. The molecule has 0 aliphatic carbocycles. The van der Waals surface area contributed by atoms with Crippen molar-refractivity contribution in [3.8, 4) is 0 Å². The second-order valence-electron chi connectivity index (χ2n) is 8.34. The number of anilines is 1. The maximum Gasteiger partial charge on any atom is 0.289 e. The minimum absolute atomic E-state index is 0.0741. The summed E-state index contributed by atoms with van der Waals surface area (Å²) in [6.07, 6.45) is 0. The molecular weight excluding hydrogens is 414 g/mol. The third-order valence-corrected chi connectivity index (χ3v) is 6.51. The number of furan rings is 1. The van der Waals surface area contributed by atoms with E-state index in [9.17, 15) is 4.79 Å². The van der Waals surface area contributed by atoms with Gasteiger partial charge in [-0.2, -0.15) is 0 Å². The van der Waals surface area contributed by atoms with Crippen molar-refractivity contribution in [2.75, 3.05) is 64.4 Å². The number of piperazine rings is 1. The fraction of sp³-hybridized carbons (Fsp3) is 0.591. The molecule has 31 heavy (non-hydrogen) atoms. The maximum absolute atomic E-state index is 12.6. The van der Waals surface area contributed by atoms with Crippen LogP contribution in [0.15, 0.2) is 27.8 Å². The first kappa shape index (κ1) is 22.1. The Balaban J connectivity index is 1.43. The van der Waals surface area contributed by atoms with Crippen molar-refractivity contribution < 1.29 is 13.9 Å². The molecule has 0 aromatic carbocycles. The van der Waals surface area contributed by atoms with Crippen LogP contribution in [0.25, 0.3) is 0 Å². The molecular formula is C22H31N5O3S. The van der Waals surface area contributed by atoms with Gasteiger partial charge in [0, 0.05) is 51.0 Å². The summed E-state index contributed by atoms with van der Waals surface area (Å²) >= 11 is 1.55. The molecule has 0 N–H and O–H groups in total. The van der Waals surface area contributed by atoms with Crippen LogP contribution < -0.4 is 4.90 Å². The van der Waals surface area contributed by atoms with Gasteiger partial charge in [0.1, 0.15) is 11.6 Å². The number of ether oxygens (including phenoxy) is 1. The van der Waals surface area contributed by atoms with Crippen LogP contribution >= 0.6 is 11.8 Å². The minimum atomic E-state index is -0.0741. The molecule has 1 amide bonds. The number of hydrogen-bond donors (Lipinski definition) is 0. The number of carbonyl (C=O) groups is 1. The first-order valence-corrected chi connectivity index (χ1v) is 11.9. The Kier molecular flexibility index (Phi) is 7.14. The Morgan fingerprint density at radius 2 is 1.84 bits per heavy atom. The van der Waals surface area contributed by atoms with E-state index in [4.69, 9.17) is 19.1 Å². The highest BCUT2D eigenvalue weighted by molar-refractivity contribution is 7.98. The number of carbonyl (C=O) groups excluding carboxylic acids is 1. The summed E-state index contributed by atoms with van der Waals surface area (Å²) in [6.45, 7) is 10.7. The third kappa shape index (κ3) is 5.58. The molecule has 2 aliphatic rings. The number of aromatic nitrogens is 2. The van der Waals surface area contributed by atoms with E-state index in [-0.39, 0.29) is 5.91 Å². The van der Waals surface area contributed by atoms with E-state index < -0.39 is 0 Å². The topological polar surface area (TPSA) is 74.9 Å². The fourth-order valence-corrected chi connectivity index (χ4v) is 4.37. The van der Waals surface area contributed by atoms with Crippen LogP contribution in [0.3, 0.4) is 0 Å². The first-order valence-electron chi connectivity index (χ1n) is 10.9. The highest BCUT2D eigenvalue weighted by atomic mass is 32.2. The number of amides is 1. The largest absolute Gasteiger partial charge is 0.455 e. The van der Waals surface area contributed by atoms with Gasteiger partial charge in [-0.25, -0.2) is 9.97 Å². The molecule has 2 saturated heterocycles. The lowest BCUT2D eigenvalue weighted by molar-refractivity contribution is 0.0282. The monoisotopic (exact) mass is 445 g/mol. The van der Waals surface area contributed by atoms with Crippen LogP contribution in [-0.4, -0.2) is 85.2 Å². The second-order valence-corrected chi connectivity index (χ2v) is 9.28. The van der Waals surface area contributed by atoms with Crippen molar-refractivity contribution in [2.45, 2.75) is 30.7 Å². The van der Waals surface area contributed by atoms with E-state index in [0.717, 1.165) is 48.6 Å². The highest BCUT2D eigenvalue weighted by Crippen LogP contribution is 2.27. The molecule has 0 spiro atoms. The summed E-state index contributed by atoms with van der Waals surface area (Å²) in [7, 11) is 2.15. The van der Waals surface area contributed by atoms with E-state index in [1.54, 1.807) is 22.7 Å². The molecule has 8 nitrogen and oxygen atoms in total. The Morgan fingerprint density at radius 3 is 2.55 bits per heavy atom. The number of thioether (sulfide) groups is 1. The van der Waals surface area contributed by atoms with Crippen LogP contribution in [0.5, 0.6) is 0 Å². The molecule has 4 heterocycles. The normalized spacial score (nSPS) is 18.1. The minimum Gasteiger partial charge on any atom is -0.455 e. The number of nitrogens with zero attached hydrogens (tertiary/aromatic N) is 5. The number of hydrogen-bond acceptors (Lipinski definition) is 8.